The lowest BCUT2D eigenvalue weighted by Crippen LogP contribution is -2.41. The number of allylic oxidation sites excluding steroid dienone is 2. The number of hydrogen-bond donors (Lipinski definition) is 3. The van der Waals surface area contributed by atoms with Crippen molar-refractivity contribution < 1.29 is 14.9 Å². The second-order valence-corrected chi connectivity index (χ2v) is 4.09. The van der Waals surface area contributed by atoms with Gasteiger partial charge in [0.05, 0.1) is 25.9 Å². The average Bonchev–Trinajstić information content (AvgIpc) is 2.27. The molecular weight excluding hydrogens is 206 g/mol. The molecule has 94 valence electrons. The number of hydrogen-bond acceptors (Lipinski definition) is 4. The molecular formula is C12H23NO3. The van der Waals surface area contributed by atoms with Crippen molar-refractivity contribution in [2.75, 3.05) is 26.4 Å². The quantitative estimate of drug-likeness (QED) is 0.457. The van der Waals surface area contributed by atoms with Crippen molar-refractivity contribution in [2.45, 2.75) is 37.8 Å². The van der Waals surface area contributed by atoms with E-state index < -0.39 is 0 Å². The number of aliphatic hydroxyl groups is 2. The number of ether oxygens (including phenoxy) is 1. The van der Waals surface area contributed by atoms with Gasteiger partial charge in [0.2, 0.25) is 0 Å². The summed E-state index contributed by atoms with van der Waals surface area (Å²) in [6, 6.07) is 0.169. The Kier molecular flexibility index (Phi) is 7.42. The lowest BCUT2D eigenvalue weighted by atomic mass is 9.98. The zero-order valence-electron chi connectivity index (χ0n) is 9.77. The molecule has 0 aromatic rings. The van der Waals surface area contributed by atoms with Gasteiger partial charge in [0.25, 0.3) is 0 Å². The second-order valence-electron chi connectivity index (χ2n) is 4.09. The van der Waals surface area contributed by atoms with Gasteiger partial charge in [0.15, 0.2) is 0 Å². The normalized spacial score (nSPS) is 26.4. The molecule has 0 amide bonds. The van der Waals surface area contributed by atoms with E-state index in [1.54, 1.807) is 0 Å². The maximum atomic E-state index is 9.90. The van der Waals surface area contributed by atoms with E-state index in [0.29, 0.717) is 13.2 Å². The van der Waals surface area contributed by atoms with Crippen LogP contribution in [-0.2, 0) is 4.74 Å². The van der Waals surface area contributed by atoms with Gasteiger partial charge in [-0.05, 0) is 25.7 Å². The molecule has 1 rings (SSSR count). The first-order valence-electron chi connectivity index (χ1n) is 6.09. The van der Waals surface area contributed by atoms with E-state index in [9.17, 15) is 5.11 Å². The highest BCUT2D eigenvalue weighted by Gasteiger charge is 2.18. The molecule has 1 aliphatic rings. The van der Waals surface area contributed by atoms with Crippen molar-refractivity contribution >= 4 is 0 Å². The van der Waals surface area contributed by atoms with Crippen molar-refractivity contribution in [1.82, 2.24) is 5.32 Å². The minimum atomic E-state index is -0.261. The molecule has 16 heavy (non-hydrogen) atoms. The highest BCUT2D eigenvalue weighted by atomic mass is 16.5. The Morgan fingerprint density at radius 3 is 2.69 bits per heavy atom. The summed E-state index contributed by atoms with van der Waals surface area (Å²) < 4.78 is 5.16. The summed E-state index contributed by atoms with van der Waals surface area (Å²) in [5.41, 5.74) is 0. The van der Waals surface area contributed by atoms with Crippen molar-refractivity contribution in [3.05, 3.63) is 12.2 Å². The maximum absolute atomic E-state index is 9.90. The molecule has 0 radical (unpaired) electrons. The third-order valence-electron chi connectivity index (χ3n) is 2.79. The standard InChI is InChI=1S/C12H23NO3/c14-8-10-16-9-7-13-11-5-3-1-2-4-6-12(11)15/h1-2,11-15H,3-10H2. The molecule has 0 spiro atoms. The van der Waals surface area contributed by atoms with E-state index in [1.165, 1.54) is 0 Å². The monoisotopic (exact) mass is 229 g/mol. The van der Waals surface area contributed by atoms with Gasteiger partial charge in [-0.3, -0.25) is 0 Å². The molecule has 0 aliphatic heterocycles. The fourth-order valence-corrected chi connectivity index (χ4v) is 1.89. The smallest absolute Gasteiger partial charge is 0.0698 e. The van der Waals surface area contributed by atoms with Crippen LogP contribution in [0.2, 0.25) is 0 Å². The van der Waals surface area contributed by atoms with E-state index in [0.717, 1.165) is 32.2 Å². The lowest BCUT2D eigenvalue weighted by Gasteiger charge is -2.24. The van der Waals surface area contributed by atoms with Crippen LogP contribution in [0.1, 0.15) is 25.7 Å². The molecule has 4 nitrogen and oxygen atoms in total. The molecule has 2 atom stereocenters. The summed E-state index contributed by atoms with van der Waals surface area (Å²) in [7, 11) is 0. The van der Waals surface area contributed by atoms with Gasteiger partial charge in [0.1, 0.15) is 0 Å². The predicted octanol–water partition coefficient (Wildman–Crippen LogP) is 0.445. The van der Waals surface area contributed by atoms with Crippen molar-refractivity contribution in [1.29, 1.82) is 0 Å². The summed E-state index contributed by atoms with van der Waals surface area (Å²) >= 11 is 0. The Morgan fingerprint density at radius 1 is 1.19 bits per heavy atom. The van der Waals surface area contributed by atoms with Crippen molar-refractivity contribution in [2.24, 2.45) is 0 Å². The van der Waals surface area contributed by atoms with Crippen LogP contribution in [0.3, 0.4) is 0 Å². The highest BCUT2D eigenvalue weighted by molar-refractivity contribution is 4.90. The van der Waals surface area contributed by atoms with Gasteiger partial charge in [0, 0.05) is 12.6 Å². The molecule has 0 aromatic carbocycles. The van der Waals surface area contributed by atoms with Crippen LogP contribution in [0.5, 0.6) is 0 Å². The Labute approximate surface area is 97.3 Å². The largest absolute Gasteiger partial charge is 0.394 e. The number of aliphatic hydroxyl groups excluding tert-OH is 2. The molecule has 3 N–H and O–H groups in total. The average molecular weight is 229 g/mol. The van der Waals surface area contributed by atoms with Crippen LogP contribution in [0.4, 0.5) is 0 Å². The molecule has 0 heterocycles. The number of rotatable bonds is 6. The summed E-state index contributed by atoms with van der Waals surface area (Å²) in [5.74, 6) is 0. The lowest BCUT2D eigenvalue weighted by molar-refractivity contribution is 0.0797. The fourth-order valence-electron chi connectivity index (χ4n) is 1.89. The van der Waals surface area contributed by atoms with E-state index in [2.05, 4.69) is 17.5 Å². The zero-order valence-corrected chi connectivity index (χ0v) is 9.77. The minimum Gasteiger partial charge on any atom is -0.394 e. The molecule has 0 saturated heterocycles. The Balaban J connectivity index is 2.15. The van der Waals surface area contributed by atoms with Crippen molar-refractivity contribution in [3.63, 3.8) is 0 Å². The topological polar surface area (TPSA) is 61.7 Å². The highest BCUT2D eigenvalue weighted by Crippen LogP contribution is 2.12. The van der Waals surface area contributed by atoms with Crippen LogP contribution in [0.25, 0.3) is 0 Å². The molecule has 1 aliphatic carbocycles. The Morgan fingerprint density at radius 2 is 1.94 bits per heavy atom. The summed E-state index contributed by atoms with van der Waals surface area (Å²) in [4.78, 5) is 0. The molecule has 4 heteroatoms. The first kappa shape index (κ1) is 13.6. The molecule has 0 fully saturated rings. The van der Waals surface area contributed by atoms with Gasteiger partial charge < -0.3 is 20.3 Å². The van der Waals surface area contributed by atoms with Crippen LogP contribution in [0, 0.1) is 0 Å². The van der Waals surface area contributed by atoms with E-state index in [4.69, 9.17) is 9.84 Å². The molecule has 2 unspecified atom stereocenters. The SMILES string of the molecule is OCCOCCNC1CCC=CCCC1O. The van der Waals surface area contributed by atoms with Gasteiger partial charge in [-0.15, -0.1) is 0 Å². The van der Waals surface area contributed by atoms with Gasteiger partial charge in [-0.25, -0.2) is 0 Å². The van der Waals surface area contributed by atoms with Gasteiger partial charge in [-0.1, -0.05) is 12.2 Å². The summed E-state index contributed by atoms with van der Waals surface area (Å²) in [6.45, 7) is 1.76. The minimum absolute atomic E-state index is 0.0663. The Bertz CT molecular complexity index is 197. The first-order chi connectivity index (χ1) is 7.84. The Hall–Kier alpha value is -0.420. The first-order valence-corrected chi connectivity index (χ1v) is 6.09. The van der Waals surface area contributed by atoms with Gasteiger partial charge in [-0.2, -0.15) is 0 Å². The van der Waals surface area contributed by atoms with Crippen LogP contribution < -0.4 is 5.32 Å². The second kappa shape index (κ2) is 8.70. The van der Waals surface area contributed by atoms with Crippen LogP contribution in [0.15, 0.2) is 12.2 Å². The van der Waals surface area contributed by atoms with E-state index >= 15 is 0 Å². The van der Waals surface area contributed by atoms with E-state index in [1.807, 2.05) is 0 Å². The summed E-state index contributed by atoms with van der Waals surface area (Å²) in [6.07, 6.45) is 7.84. The number of nitrogens with one attached hydrogen (secondary N) is 1. The van der Waals surface area contributed by atoms with E-state index in [-0.39, 0.29) is 18.8 Å². The van der Waals surface area contributed by atoms with Gasteiger partial charge >= 0.3 is 0 Å². The zero-order chi connectivity index (χ0) is 11.6. The van der Waals surface area contributed by atoms with Crippen molar-refractivity contribution in [3.8, 4) is 0 Å². The third-order valence-corrected chi connectivity index (χ3v) is 2.79. The van der Waals surface area contributed by atoms with Crippen LogP contribution >= 0.6 is 0 Å². The third kappa shape index (κ3) is 5.61. The summed E-state index contributed by atoms with van der Waals surface area (Å²) in [5, 5.41) is 21.7. The van der Waals surface area contributed by atoms with Crippen LogP contribution in [-0.4, -0.2) is 48.7 Å². The fraction of sp³-hybridized carbons (Fsp3) is 0.833. The molecule has 0 aromatic heterocycles. The molecule has 0 saturated carbocycles. The predicted molar refractivity (Wildman–Crippen MR) is 63.3 cm³/mol. The molecule has 0 bridgehead atoms. The maximum Gasteiger partial charge on any atom is 0.0698 e.